The van der Waals surface area contributed by atoms with Crippen molar-refractivity contribution in [1.82, 2.24) is 0 Å². The average Bonchev–Trinajstić information content (AvgIpc) is 1.80. The fraction of sp³-hybridized carbons (Fsp3) is 0.875. The number of hydrogen-bond acceptors (Lipinski definition) is 1. The zero-order valence-corrected chi connectivity index (χ0v) is 6.18. The molecule has 0 saturated heterocycles. The molecule has 1 heteroatoms. The lowest BCUT2D eigenvalue weighted by Crippen LogP contribution is -2.20. The van der Waals surface area contributed by atoms with Gasteiger partial charge in [0.25, 0.3) is 0 Å². The molecule has 0 unspecified atom stereocenters. The summed E-state index contributed by atoms with van der Waals surface area (Å²) in [7, 11) is 0. The van der Waals surface area contributed by atoms with Gasteiger partial charge in [0.05, 0.1) is 0 Å². The second-order valence-corrected chi connectivity index (χ2v) is 3.25. The Hall–Kier alpha value is -0.330. The van der Waals surface area contributed by atoms with Crippen LogP contribution in [-0.2, 0) is 4.79 Å². The van der Waals surface area contributed by atoms with Crippen LogP contribution in [-0.4, -0.2) is 5.78 Å². The van der Waals surface area contributed by atoms with Crippen LogP contribution in [0, 0.1) is 11.8 Å². The van der Waals surface area contributed by atoms with Gasteiger partial charge in [0.1, 0.15) is 5.78 Å². The summed E-state index contributed by atoms with van der Waals surface area (Å²) in [4.78, 5) is 10.9. The smallest absolute Gasteiger partial charge is 0.135 e. The van der Waals surface area contributed by atoms with Crippen LogP contribution in [0.5, 0.6) is 0 Å². The molecule has 2 atom stereocenters. The van der Waals surface area contributed by atoms with Crippen molar-refractivity contribution in [3.05, 3.63) is 0 Å². The van der Waals surface area contributed by atoms with Crippen LogP contribution in [0.15, 0.2) is 0 Å². The van der Waals surface area contributed by atoms with Crippen molar-refractivity contribution < 1.29 is 4.79 Å². The van der Waals surface area contributed by atoms with E-state index in [4.69, 9.17) is 0 Å². The van der Waals surface area contributed by atoms with Crippen molar-refractivity contribution in [3.8, 4) is 0 Å². The maximum atomic E-state index is 10.9. The van der Waals surface area contributed by atoms with Crippen LogP contribution in [0.1, 0.15) is 33.1 Å². The Kier molecular flexibility index (Phi) is 1.89. The molecule has 1 rings (SSSR count). The molecule has 0 N–H and O–H groups in total. The average molecular weight is 126 g/mol. The second kappa shape index (κ2) is 2.51. The number of Topliss-reactive ketones (excluding diaryl/α,β-unsaturated/α-hetero) is 1. The monoisotopic (exact) mass is 126 g/mol. The minimum absolute atomic E-state index is 0.341. The van der Waals surface area contributed by atoms with E-state index in [1.807, 2.05) is 6.92 Å². The summed E-state index contributed by atoms with van der Waals surface area (Å²) in [5.74, 6) is 1.58. The van der Waals surface area contributed by atoms with Gasteiger partial charge in [-0.3, -0.25) is 4.79 Å². The molecule has 0 aliphatic heterocycles. The van der Waals surface area contributed by atoms with E-state index in [2.05, 4.69) is 6.92 Å². The topological polar surface area (TPSA) is 17.1 Å². The Morgan fingerprint density at radius 3 is 2.56 bits per heavy atom. The predicted octanol–water partition coefficient (Wildman–Crippen LogP) is 2.01. The van der Waals surface area contributed by atoms with E-state index in [1.165, 1.54) is 0 Å². The van der Waals surface area contributed by atoms with Crippen molar-refractivity contribution in [2.24, 2.45) is 11.8 Å². The van der Waals surface area contributed by atoms with Gasteiger partial charge >= 0.3 is 0 Å². The van der Waals surface area contributed by atoms with E-state index in [9.17, 15) is 4.79 Å². The van der Waals surface area contributed by atoms with Crippen molar-refractivity contribution in [1.29, 1.82) is 0 Å². The van der Waals surface area contributed by atoms with Gasteiger partial charge < -0.3 is 0 Å². The van der Waals surface area contributed by atoms with Crippen molar-refractivity contribution in [2.45, 2.75) is 33.1 Å². The van der Waals surface area contributed by atoms with Crippen LogP contribution in [0.2, 0.25) is 0 Å². The quantitative estimate of drug-likeness (QED) is 0.485. The maximum Gasteiger partial charge on any atom is 0.135 e. The van der Waals surface area contributed by atoms with Gasteiger partial charge in [0.15, 0.2) is 0 Å². The molecule has 0 aromatic heterocycles. The van der Waals surface area contributed by atoms with Gasteiger partial charge in [-0.25, -0.2) is 0 Å². The van der Waals surface area contributed by atoms with Crippen LogP contribution in [0.25, 0.3) is 0 Å². The third-order valence-corrected chi connectivity index (χ3v) is 2.19. The summed E-state index contributed by atoms with van der Waals surface area (Å²) < 4.78 is 0. The number of ketones is 1. The highest BCUT2D eigenvalue weighted by Gasteiger charge is 2.21. The number of hydrogen-bond donors (Lipinski definition) is 0. The van der Waals surface area contributed by atoms with E-state index in [0.717, 1.165) is 25.2 Å². The van der Waals surface area contributed by atoms with Crippen molar-refractivity contribution in [3.63, 3.8) is 0 Å². The van der Waals surface area contributed by atoms with Crippen LogP contribution in [0.3, 0.4) is 0 Å². The van der Waals surface area contributed by atoms with Gasteiger partial charge in [0.2, 0.25) is 0 Å². The molecule has 0 aromatic carbocycles. The highest BCUT2D eigenvalue weighted by Crippen LogP contribution is 2.24. The molecular formula is C8H14O. The Bertz CT molecular complexity index is 118. The molecule has 0 amide bonds. The van der Waals surface area contributed by atoms with Gasteiger partial charge in [-0.05, 0) is 18.8 Å². The lowest BCUT2D eigenvalue weighted by Gasteiger charge is -2.21. The van der Waals surface area contributed by atoms with E-state index in [0.29, 0.717) is 11.7 Å². The van der Waals surface area contributed by atoms with E-state index < -0.39 is 0 Å². The third-order valence-electron chi connectivity index (χ3n) is 2.19. The maximum absolute atomic E-state index is 10.9. The Morgan fingerprint density at radius 1 is 1.44 bits per heavy atom. The first-order valence-electron chi connectivity index (χ1n) is 3.73. The number of carbonyl (C=O) groups excluding carboxylic acids is 1. The molecule has 0 aromatic rings. The first kappa shape index (κ1) is 6.79. The minimum atomic E-state index is 0.341. The van der Waals surface area contributed by atoms with E-state index >= 15 is 0 Å². The molecular weight excluding hydrogens is 112 g/mol. The molecule has 1 saturated carbocycles. The van der Waals surface area contributed by atoms with E-state index in [-0.39, 0.29) is 0 Å². The minimum Gasteiger partial charge on any atom is -0.299 e. The zero-order chi connectivity index (χ0) is 6.85. The van der Waals surface area contributed by atoms with Crippen molar-refractivity contribution in [2.75, 3.05) is 0 Å². The molecule has 1 aliphatic carbocycles. The Morgan fingerprint density at radius 2 is 2.11 bits per heavy atom. The lowest BCUT2D eigenvalue weighted by atomic mass is 9.83. The lowest BCUT2D eigenvalue weighted by molar-refractivity contribution is -0.124. The SMILES string of the molecule is C[C@H]1CCC(=O)[C@@H](C)C1. The molecule has 0 bridgehead atoms. The van der Waals surface area contributed by atoms with Gasteiger partial charge in [-0.2, -0.15) is 0 Å². The number of carbonyl (C=O) groups is 1. The zero-order valence-electron chi connectivity index (χ0n) is 6.18. The molecule has 0 spiro atoms. The largest absolute Gasteiger partial charge is 0.299 e. The summed E-state index contributed by atoms with van der Waals surface area (Å²) in [5.41, 5.74) is 0. The molecule has 1 nitrogen and oxygen atoms in total. The normalized spacial score (nSPS) is 36.9. The molecule has 1 aliphatic rings. The molecule has 0 radical (unpaired) electrons. The number of rotatable bonds is 0. The van der Waals surface area contributed by atoms with E-state index in [1.54, 1.807) is 0 Å². The standard InChI is InChI=1S/C8H14O/c1-6-3-4-8(9)7(2)5-6/h6-7H,3-5H2,1-2H3/t6-,7-/m0/s1. The third kappa shape index (κ3) is 1.54. The van der Waals surface area contributed by atoms with Gasteiger partial charge in [-0.15, -0.1) is 0 Å². The fourth-order valence-corrected chi connectivity index (χ4v) is 1.49. The molecule has 0 heterocycles. The molecule has 1 fully saturated rings. The van der Waals surface area contributed by atoms with Gasteiger partial charge in [0, 0.05) is 12.3 Å². The first-order chi connectivity index (χ1) is 4.20. The Labute approximate surface area is 56.4 Å². The van der Waals surface area contributed by atoms with Crippen LogP contribution in [0.4, 0.5) is 0 Å². The summed E-state index contributed by atoms with van der Waals surface area (Å²) in [6, 6.07) is 0. The highest BCUT2D eigenvalue weighted by atomic mass is 16.1. The summed E-state index contributed by atoms with van der Waals surface area (Å²) in [5, 5.41) is 0. The highest BCUT2D eigenvalue weighted by molar-refractivity contribution is 5.81. The van der Waals surface area contributed by atoms with Crippen LogP contribution >= 0.6 is 0 Å². The first-order valence-corrected chi connectivity index (χ1v) is 3.73. The summed E-state index contributed by atoms with van der Waals surface area (Å²) in [6.45, 7) is 4.26. The van der Waals surface area contributed by atoms with Crippen molar-refractivity contribution >= 4 is 5.78 Å². The second-order valence-electron chi connectivity index (χ2n) is 3.25. The Balaban J connectivity index is 2.44. The van der Waals surface area contributed by atoms with Gasteiger partial charge in [-0.1, -0.05) is 13.8 Å². The molecule has 52 valence electrons. The predicted molar refractivity (Wildman–Crippen MR) is 37.2 cm³/mol. The fourth-order valence-electron chi connectivity index (χ4n) is 1.49. The summed E-state index contributed by atoms with van der Waals surface area (Å²) >= 11 is 0. The molecule has 9 heavy (non-hydrogen) atoms. The summed E-state index contributed by atoms with van der Waals surface area (Å²) in [6.07, 6.45) is 3.05. The van der Waals surface area contributed by atoms with Crippen LogP contribution < -0.4 is 0 Å².